The minimum Gasteiger partial charge on any atom is -0.338 e. The molecular formula is C15H18Cl2N2O. The lowest BCUT2D eigenvalue weighted by molar-refractivity contribution is 0.0762. The van der Waals surface area contributed by atoms with Gasteiger partial charge in [-0.15, -0.1) is 0 Å². The average molecular weight is 313 g/mol. The van der Waals surface area contributed by atoms with Crippen molar-refractivity contribution in [1.29, 1.82) is 0 Å². The van der Waals surface area contributed by atoms with Gasteiger partial charge in [0, 0.05) is 13.1 Å². The summed E-state index contributed by atoms with van der Waals surface area (Å²) in [7, 11) is 0. The lowest BCUT2D eigenvalue weighted by atomic mass is 9.78. The van der Waals surface area contributed by atoms with Crippen LogP contribution in [0.15, 0.2) is 18.2 Å². The molecule has 20 heavy (non-hydrogen) atoms. The molecule has 1 aromatic rings. The topological polar surface area (TPSA) is 32.3 Å². The summed E-state index contributed by atoms with van der Waals surface area (Å²) in [6, 6.07) is 5.24. The summed E-state index contributed by atoms with van der Waals surface area (Å²) in [5.74, 6) is 0.00732. The van der Waals surface area contributed by atoms with Crippen LogP contribution in [0.3, 0.4) is 0 Å². The van der Waals surface area contributed by atoms with Gasteiger partial charge in [-0.3, -0.25) is 4.79 Å². The number of carbonyl (C=O) groups is 1. The van der Waals surface area contributed by atoms with Gasteiger partial charge in [0.05, 0.1) is 15.6 Å². The number of hydrogen-bond donors (Lipinski definition) is 1. The maximum atomic E-state index is 12.6. The molecule has 3 nitrogen and oxygen atoms in total. The number of nitrogens with zero attached hydrogens (tertiary/aromatic N) is 1. The van der Waals surface area contributed by atoms with Gasteiger partial charge in [0.2, 0.25) is 0 Å². The molecule has 2 aliphatic heterocycles. The zero-order valence-electron chi connectivity index (χ0n) is 11.3. The Morgan fingerprint density at radius 1 is 1.20 bits per heavy atom. The van der Waals surface area contributed by atoms with Gasteiger partial charge in [-0.2, -0.15) is 0 Å². The van der Waals surface area contributed by atoms with E-state index < -0.39 is 0 Å². The Balaban J connectivity index is 1.77. The summed E-state index contributed by atoms with van der Waals surface area (Å²) in [5.41, 5.74) is 0.830. The Kier molecular flexibility index (Phi) is 3.93. The third kappa shape index (κ3) is 2.54. The van der Waals surface area contributed by atoms with Crippen LogP contribution in [0.5, 0.6) is 0 Å². The fourth-order valence-corrected chi connectivity index (χ4v) is 3.69. The first-order valence-electron chi connectivity index (χ1n) is 7.05. The molecule has 0 radical (unpaired) electrons. The lowest BCUT2D eigenvalue weighted by Gasteiger charge is -2.33. The molecule has 3 rings (SSSR count). The molecular weight excluding hydrogens is 295 g/mol. The summed E-state index contributed by atoms with van der Waals surface area (Å²) < 4.78 is 0. The van der Waals surface area contributed by atoms with E-state index in [0.717, 1.165) is 45.4 Å². The number of carbonyl (C=O) groups excluding carboxylic acids is 1. The van der Waals surface area contributed by atoms with Crippen molar-refractivity contribution in [3.05, 3.63) is 33.8 Å². The first-order chi connectivity index (χ1) is 9.61. The van der Waals surface area contributed by atoms with Crippen molar-refractivity contribution in [2.45, 2.75) is 19.3 Å². The van der Waals surface area contributed by atoms with Gasteiger partial charge in [0.25, 0.3) is 5.91 Å². The second-order valence-corrected chi connectivity index (χ2v) is 6.61. The van der Waals surface area contributed by atoms with Gasteiger partial charge in [0.1, 0.15) is 0 Å². The molecule has 1 spiro atoms. The lowest BCUT2D eigenvalue weighted by Crippen LogP contribution is -2.39. The van der Waals surface area contributed by atoms with Crippen LogP contribution in [0.1, 0.15) is 29.6 Å². The van der Waals surface area contributed by atoms with E-state index in [1.54, 1.807) is 18.2 Å². The Hall–Kier alpha value is -0.770. The average Bonchev–Trinajstić information content (AvgIpc) is 2.86. The van der Waals surface area contributed by atoms with Crippen LogP contribution in [0.2, 0.25) is 10.0 Å². The number of amides is 1. The van der Waals surface area contributed by atoms with Gasteiger partial charge in [-0.1, -0.05) is 29.3 Å². The minimum atomic E-state index is 0.00732. The number of nitrogens with one attached hydrogen (secondary N) is 1. The Bertz CT molecular complexity index is 527. The number of rotatable bonds is 1. The smallest absolute Gasteiger partial charge is 0.255 e. The number of halogens is 2. The first kappa shape index (κ1) is 14.2. The highest BCUT2D eigenvalue weighted by molar-refractivity contribution is 6.43. The largest absolute Gasteiger partial charge is 0.338 e. The molecule has 1 N–H and O–H groups in total. The summed E-state index contributed by atoms with van der Waals surface area (Å²) in [6.07, 6.45) is 3.40. The van der Waals surface area contributed by atoms with Crippen LogP contribution in [0.25, 0.3) is 0 Å². The van der Waals surface area contributed by atoms with Gasteiger partial charge in [-0.25, -0.2) is 0 Å². The number of hydrogen-bond acceptors (Lipinski definition) is 2. The molecule has 2 fully saturated rings. The van der Waals surface area contributed by atoms with Crippen molar-refractivity contribution >= 4 is 29.1 Å². The highest BCUT2D eigenvalue weighted by Gasteiger charge is 2.40. The van der Waals surface area contributed by atoms with E-state index in [1.165, 1.54) is 0 Å². The van der Waals surface area contributed by atoms with Crippen LogP contribution in [0.4, 0.5) is 0 Å². The van der Waals surface area contributed by atoms with E-state index in [1.807, 2.05) is 4.90 Å². The van der Waals surface area contributed by atoms with Gasteiger partial charge >= 0.3 is 0 Å². The van der Waals surface area contributed by atoms with Gasteiger partial charge < -0.3 is 10.2 Å². The van der Waals surface area contributed by atoms with Crippen molar-refractivity contribution in [3.8, 4) is 0 Å². The van der Waals surface area contributed by atoms with Crippen molar-refractivity contribution in [1.82, 2.24) is 10.2 Å². The standard InChI is InChI=1S/C15H18Cl2N2O/c16-12-3-1-2-11(13(12)17)14(20)19-9-6-15(10-19)4-7-18-8-5-15/h1-3,18H,4-10H2. The van der Waals surface area contributed by atoms with E-state index >= 15 is 0 Å². The van der Waals surface area contributed by atoms with Crippen LogP contribution < -0.4 is 5.32 Å². The summed E-state index contributed by atoms with van der Waals surface area (Å²) >= 11 is 12.2. The predicted octanol–water partition coefficient (Wildman–Crippen LogP) is 3.21. The highest BCUT2D eigenvalue weighted by Crippen LogP contribution is 2.39. The van der Waals surface area contributed by atoms with E-state index in [-0.39, 0.29) is 5.91 Å². The molecule has 0 saturated carbocycles. The molecule has 5 heteroatoms. The summed E-state index contributed by atoms with van der Waals surface area (Å²) in [6.45, 7) is 3.78. The zero-order valence-corrected chi connectivity index (χ0v) is 12.8. The second-order valence-electron chi connectivity index (χ2n) is 5.83. The predicted molar refractivity (Wildman–Crippen MR) is 81.5 cm³/mol. The van der Waals surface area contributed by atoms with E-state index in [2.05, 4.69) is 5.32 Å². The molecule has 2 heterocycles. The third-order valence-corrected chi connectivity index (χ3v) is 5.39. The molecule has 0 aromatic heterocycles. The van der Waals surface area contributed by atoms with Crippen molar-refractivity contribution in [2.24, 2.45) is 5.41 Å². The third-order valence-electron chi connectivity index (χ3n) is 4.57. The number of benzene rings is 1. The van der Waals surface area contributed by atoms with Crippen molar-refractivity contribution in [2.75, 3.05) is 26.2 Å². The molecule has 108 valence electrons. The maximum Gasteiger partial charge on any atom is 0.255 e. The molecule has 0 aliphatic carbocycles. The number of piperidine rings is 1. The van der Waals surface area contributed by atoms with E-state index in [4.69, 9.17) is 23.2 Å². The van der Waals surface area contributed by atoms with Crippen LogP contribution in [-0.2, 0) is 0 Å². The SMILES string of the molecule is O=C(c1cccc(Cl)c1Cl)N1CCC2(CCNCC2)C1. The molecule has 2 aliphatic rings. The molecule has 0 unspecified atom stereocenters. The monoisotopic (exact) mass is 312 g/mol. The van der Waals surface area contributed by atoms with Crippen LogP contribution in [0, 0.1) is 5.41 Å². The minimum absolute atomic E-state index is 0.00732. The molecule has 1 amide bonds. The van der Waals surface area contributed by atoms with Gasteiger partial charge in [-0.05, 0) is 49.9 Å². The molecule has 2 saturated heterocycles. The van der Waals surface area contributed by atoms with E-state index in [0.29, 0.717) is 21.0 Å². The number of likely N-dealkylation sites (tertiary alicyclic amines) is 1. The zero-order chi connectivity index (χ0) is 14.2. The molecule has 0 bridgehead atoms. The molecule has 1 aromatic carbocycles. The van der Waals surface area contributed by atoms with Crippen LogP contribution in [-0.4, -0.2) is 37.0 Å². The van der Waals surface area contributed by atoms with Crippen molar-refractivity contribution in [3.63, 3.8) is 0 Å². The molecule has 0 atom stereocenters. The van der Waals surface area contributed by atoms with E-state index in [9.17, 15) is 4.79 Å². The normalized spacial score (nSPS) is 21.4. The Labute approximate surface area is 129 Å². The summed E-state index contributed by atoms with van der Waals surface area (Å²) in [5, 5.41) is 4.19. The first-order valence-corrected chi connectivity index (χ1v) is 7.81. The quantitative estimate of drug-likeness (QED) is 0.863. The van der Waals surface area contributed by atoms with Crippen LogP contribution >= 0.6 is 23.2 Å². The maximum absolute atomic E-state index is 12.6. The highest BCUT2D eigenvalue weighted by atomic mass is 35.5. The second kappa shape index (κ2) is 5.55. The van der Waals surface area contributed by atoms with Crippen molar-refractivity contribution < 1.29 is 4.79 Å². The fourth-order valence-electron chi connectivity index (χ4n) is 3.31. The Morgan fingerprint density at radius 2 is 1.95 bits per heavy atom. The van der Waals surface area contributed by atoms with Gasteiger partial charge in [0.15, 0.2) is 0 Å². The fraction of sp³-hybridized carbons (Fsp3) is 0.533. The Morgan fingerprint density at radius 3 is 2.70 bits per heavy atom. The summed E-state index contributed by atoms with van der Waals surface area (Å²) in [4.78, 5) is 14.5.